The van der Waals surface area contributed by atoms with Crippen LogP contribution in [0.25, 0.3) is 0 Å². The number of hydrogen-bond donors (Lipinski definition) is 2. The average Bonchev–Trinajstić information content (AvgIpc) is 3.04. The van der Waals surface area contributed by atoms with E-state index >= 15 is 0 Å². The van der Waals surface area contributed by atoms with E-state index in [0.29, 0.717) is 18.0 Å². The molecule has 33 heavy (non-hydrogen) atoms. The van der Waals surface area contributed by atoms with Crippen molar-refractivity contribution in [2.24, 2.45) is 5.92 Å². The maximum absolute atomic E-state index is 12.9. The number of rotatable bonds is 6. The number of aryl methyl sites for hydroxylation is 1. The number of carbonyl (C=O) groups is 2. The number of hydrogen-bond acceptors (Lipinski definition) is 5. The van der Waals surface area contributed by atoms with E-state index in [1.807, 2.05) is 31.2 Å². The van der Waals surface area contributed by atoms with E-state index in [2.05, 4.69) is 51.7 Å². The molecule has 2 N–H and O–H groups in total. The fourth-order valence-corrected chi connectivity index (χ4v) is 5.78. The maximum Gasteiger partial charge on any atom is 0.238 e. The van der Waals surface area contributed by atoms with Crippen molar-refractivity contribution in [1.29, 1.82) is 0 Å². The number of carbonyl (C=O) groups excluding carboxylic acids is 2. The highest BCUT2D eigenvalue weighted by atomic mass is 16.5. The largest absolute Gasteiger partial charge is 0.495 e. The summed E-state index contributed by atoms with van der Waals surface area (Å²) in [4.78, 5) is 29.7. The highest BCUT2D eigenvalue weighted by molar-refractivity contribution is 5.93. The van der Waals surface area contributed by atoms with Crippen molar-refractivity contribution in [3.8, 4) is 5.75 Å². The van der Waals surface area contributed by atoms with Crippen LogP contribution < -0.4 is 15.4 Å². The summed E-state index contributed by atoms with van der Waals surface area (Å²) in [5.41, 5.74) is 2.62. The molecule has 3 atom stereocenters. The van der Waals surface area contributed by atoms with Gasteiger partial charge in [-0.1, -0.05) is 36.4 Å². The van der Waals surface area contributed by atoms with Crippen molar-refractivity contribution in [2.75, 3.05) is 45.7 Å². The van der Waals surface area contributed by atoms with E-state index in [-0.39, 0.29) is 35.9 Å². The Morgan fingerprint density at radius 1 is 1.15 bits per heavy atom. The monoisotopic (exact) mass is 450 g/mol. The second-order valence-electron chi connectivity index (χ2n) is 9.47. The lowest BCUT2D eigenvalue weighted by molar-refractivity contribution is -0.122. The number of ether oxygens (including phenoxy) is 1. The SMILES string of the molecule is COc1ccc(C)cc1NC(=O)CN1CC[C@@H]2[C@@H](c3ccccc3)N(C)C[C@]2(NC(C)=O)C1. The predicted molar refractivity (Wildman–Crippen MR) is 129 cm³/mol. The van der Waals surface area contributed by atoms with E-state index in [1.165, 1.54) is 5.56 Å². The molecule has 2 heterocycles. The molecule has 2 aromatic carbocycles. The molecule has 0 aromatic heterocycles. The number of likely N-dealkylation sites (N-methyl/N-ethyl adjacent to an activating group) is 1. The van der Waals surface area contributed by atoms with E-state index in [9.17, 15) is 9.59 Å². The number of fused-ring (bicyclic) bond motifs is 1. The predicted octanol–water partition coefficient (Wildman–Crippen LogP) is 2.83. The van der Waals surface area contributed by atoms with E-state index < -0.39 is 0 Å². The molecule has 0 aliphatic carbocycles. The Hall–Kier alpha value is -2.90. The van der Waals surface area contributed by atoms with Gasteiger partial charge in [-0.25, -0.2) is 0 Å². The summed E-state index contributed by atoms with van der Waals surface area (Å²) < 4.78 is 5.39. The molecule has 2 saturated heterocycles. The van der Waals surface area contributed by atoms with E-state index in [1.54, 1.807) is 14.0 Å². The average molecular weight is 451 g/mol. The number of likely N-dealkylation sites (tertiary alicyclic amines) is 2. The van der Waals surface area contributed by atoms with Crippen LogP contribution in [0.5, 0.6) is 5.75 Å². The third-order valence-corrected chi connectivity index (χ3v) is 6.92. The van der Waals surface area contributed by atoms with Crippen molar-refractivity contribution in [3.63, 3.8) is 0 Å². The quantitative estimate of drug-likeness (QED) is 0.708. The van der Waals surface area contributed by atoms with Crippen LogP contribution in [0.1, 0.15) is 30.5 Å². The number of nitrogens with one attached hydrogen (secondary N) is 2. The molecule has 2 amide bonds. The standard InChI is InChI=1S/C26H34N4O3/c1-18-10-11-23(33-4)22(14-18)27-24(32)15-30-13-12-21-25(20-8-6-5-7-9-20)29(3)16-26(21,17-30)28-19(2)31/h5-11,14,21,25H,12-13,15-17H2,1-4H3,(H,27,32)(H,28,31)/t21-,25-,26+/m1/s1. The minimum atomic E-state index is -0.388. The maximum atomic E-state index is 12.9. The Balaban J connectivity index is 1.50. The summed E-state index contributed by atoms with van der Waals surface area (Å²) in [6, 6.07) is 16.5. The number of piperidine rings is 1. The van der Waals surface area contributed by atoms with E-state index in [4.69, 9.17) is 4.74 Å². The number of methoxy groups -OCH3 is 1. The van der Waals surface area contributed by atoms with Crippen molar-refractivity contribution < 1.29 is 14.3 Å². The molecule has 0 saturated carbocycles. The first-order chi connectivity index (χ1) is 15.8. The minimum absolute atomic E-state index is 0.0297. The second kappa shape index (κ2) is 9.53. The van der Waals surface area contributed by atoms with Gasteiger partial charge in [0.1, 0.15) is 5.75 Å². The van der Waals surface area contributed by atoms with Gasteiger partial charge in [0.15, 0.2) is 0 Å². The zero-order chi connectivity index (χ0) is 23.6. The van der Waals surface area contributed by atoms with Crippen molar-refractivity contribution in [3.05, 3.63) is 59.7 Å². The van der Waals surface area contributed by atoms with Gasteiger partial charge in [0.05, 0.1) is 24.9 Å². The fraction of sp³-hybridized carbons (Fsp3) is 0.462. The van der Waals surface area contributed by atoms with E-state index in [0.717, 1.165) is 25.1 Å². The van der Waals surface area contributed by atoms with Crippen molar-refractivity contribution >= 4 is 17.5 Å². The van der Waals surface area contributed by atoms with Gasteiger partial charge < -0.3 is 15.4 Å². The summed E-state index contributed by atoms with van der Waals surface area (Å²) in [7, 11) is 3.72. The van der Waals surface area contributed by atoms with Gasteiger partial charge in [0.2, 0.25) is 11.8 Å². The van der Waals surface area contributed by atoms with Gasteiger partial charge in [-0.2, -0.15) is 0 Å². The summed E-state index contributed by atoms with van der Waals surface area (Å²) in [5, 5.41) is 6.29. The Bertz CT molecular complexity index is 1010. The number of nitrogens with zero attached hydrogens (tertiary/aromatic N) is 2. The molecule has 7 heteroatoms. The van der Waals surface area contributed by atoms with Gasteiger partial charge in [-0.15, -0.1) is 0 Å². The van der Waals surface area contributed by atoms with Crippen LogP contribution in [-0.2, 0) is 9.59 Å². The highest BCUT2D eigenvalue weighted by Gasteiger charge is 2.54. The van der Waals surface area contributed by atoms with Crippen LogP contribution in [0.3, 0.4) is 0 Å². The van der Waals surface area contributed by atoms with Gasteiger partial charge >= 0.3 is 0 Å². The first kappa shape index (κ1) is 23.3. The van der Waals surface area contributed by atoms with Gasteiger partial charge in [0.25, 0.3) is 0 Å². The molecule has 176 valence electrons. The van der Waals surface area contributed by atoms with Crippen LogP contribution in [-0.4, -0.2) is 67.5 Å². The van der Waals surface area contributed by atoms with Gasteiger partial charge in [0, 0.05) is 32.0 Å². The molecule has 2 fully saturated rings. The molecule has 4 rings (SSSR count). The summed E-state index contributed by atoms with van der Waals surface area (Å²) in [6.45, 7) is 6.03. The minimum Gasteiger partial charge on any atom is -0.495 e. The normalized spacial score (nSPS) is 25.3. The Kier molecular flexibility index (Phi) is 6.72. The van der Waals surface area contributed by atoms with Crippen molar-refractivity contribution in [1.82, 2.24) is 15.1 Å². The first-order valence-corrected chi connectivity index (χ1v) is 11.5. The third kappa shape index (κ3) is 4.89. The summed E-state index contributed by atoms with van der Waals surface area (Å²) in [6.07, 6.45) is 0.908. The smallest absolute Gasteiger partial charge is 0.238 e. The fourth-order valence-electron chi connectivity index (χ4n) is 5.78. The Morgan fingerprint density at radius 2 is 1.91 bits per heavy atom. The van der Waals surface area contributed by atoms with Crippen LogP contribution in [0.15, 0.2) is 48.5 Å². The van der Waals surface area contributed by atoms with Crippen LogP contribution in [0.2, 0.25) is 0 Å². The Labute approximate surface area is 196 Å². The topological polar surface area (TPSA) is 73.9 Å². The van der Waals surface area contributed by atoms with Crippen LogP contribution in [0.4, 0.5) is 5.69 Å². The highest BCUT2D eigenvalue weighted by Crippen LogP contribution is 2.46. The zero-order valence-corrected chi connectivity index (χ0v) is 19.9. The van der Waals surface area contributed by atoms with Gasteiger partial charge in [-0.05, 0) is 50.2 Å². The number of anilines is 1. The molecular weight excluding hydrogens is 416 g/mol. The molecular formula is C26H34N4O3. The molecule has 2 aliphatic rings. The molecule has 0 spiro atoms. The number of benzene rings is 2. The van der Waals surface area contributed by atoms with Crippen LogP contribution >= 0.6 is 0 Å². The molecule has 0 unspecified atom stereocenters. The summed E-state index contributed by atoms with van der Waals surface area (Å²) >= 11 is 0. The third-order valence-electron chi connectivity index (χ3n) is 6.92. The lowest BCUT2D eigenvalue weighted by Gasteiger charge is -2.45. The Morgan fingerprint density at radius 3 is 2.61 bits per heavy atom. The molecule has 7 nitrogen and oxygen atoms in total. The molecule has 0 bridgehead atoms. The van der Waals surface area contributed by atoms with Gasteiger partial charge in [-0.3, -0.25) is 19.4 Å². The molecule has 2 aliphatic heterocycles. The first-order valence-electron chi connectivity index (χ1n) is 11.5. The number of amides is 2. The van der Waals surface area contributed by atoms with Crippen LogP contribution in [0, 0.1) is 12.8 Å². The summed E-state index contributed by atoms with van der Waals surface area (Å²) in [5.74, 6) is 0.815. The zero-order valence-electron chi connectivity index (χ0n) is 19.9. The lowest BCUT2D eigenvalue weighted by atomic mass is 9.75. The van der Waals surface area contributed by atoms with Crippen molar-refractivity contribution in [2.45, 2.75) is 31.8 Å². The molecule has 2 aromatic rings. The molecule has 0 radical (unpaired) electrons. The lowest BCUT2D eigenvalue weighted by Crippen LogP contribution is -2.64. The second-order valence-corrected chi connectivity index (χ2v) is 9.47.